The van der Waals surface area contributed by atoms with E-state index in [-0.39, 0.29) is 25.7 Å². The zero-order chi connectivity index (χ0) is 26.4. The molecule has 0 saturated heterocycles. The summed E-state index contributed by atoms with van der Waals surface area (Å²) in [6, 6.07) is 0. The number of aliphatic hydroxyl groups excluding tert-OH is 8. The lowest BCUT2D eigenvalue weighted by Crippen LogP contribution is -2.53. The normalized spacial score (nSPS) is 22.8. The topological polar surface area (TPSA) is 199 Å². The van der Waals surface area contributed by atoms with Gasteiger partial charge in [0.25, 0.3) is 0 Å². The molecule has 0 aromatic heterocycles. The molecule has 0 aliphatic carbocycles. The molecule has 0 aromatic rings. The van der Waals surface area contributed by atoms with E-state index in [4.69, 9.17) is 0 Å². The van der Waals surface area contributed by atoms with Crippen molar-refractivity contribution in [3.05, 3.63) is 0 Å². The van der Waals surface area contributed by atoms with Gasteiger partial charge in [-0.3, -0.25) is 4.79 Å². The van der Waals surface area contributed by atoms with Crippen molar-refractivity contribution in [1.29, 1.82) is 0 Å². The molecule has 0 spiro atoms. The van der Waals surface area contributed by atoms with Crippen LogP contribution >= 0.6 is 0 Å². The van der Waals surface area contributed by atoms with Crippen molar-refractivity contribution in [2.75, 3.05) is 13.2 Å². The molecule has 0 aliphatic heterocycles. The third-order valence-corrected chi connectivity index (χ3v) is 8.26. The number of hydrogen-bond acceptors (Lipinski definition) is 9. The van der Waals surface area contributed by atoms with Crippen molar-refractivity contribution in [3.8, 4) is 0 Å². The van der Waals surface area contributed by atoms with Gasteiger partial charge >= 0.3 is 5.97 Å². The number of rotatable bonds is 16. The molecule has 0 amide bonds. The second-order valence-corrected chi connectivity index (χ2v) is 9.89. The lowest BCUT2D eigenvalue weighted by atomic mass is 9.62. The van der Waals surface area contributed by atoms with E-state index in [1.54, 1.807) is 0 Å². The van der Waals surface area contributed by atoms with Crippen LogP contribution in [0.25, 0.3) is 0 Å². The Morgan fingerprint density at radius 1 is 0.606 bits per heavy atom. The summed E-state index contributed by atoms with van der Waals surface area (Å²) in [5.41, 5.74) is -4.47. The molecule has 10 nitrogen and oxygen atoms in total. The summed E-state index contributed by atoms with van der Waals surface area (Å²) in [6.07, 6.45) is -7.64. The summed E-state index contributed by atoms with van der Waals surface area (Å²) in [5.74, 6) is -2.68. The highest BCUT2D eigenvalue weighted by atomic mass is 16.4. The minimum absolute atomic E-state index is 0.0980. The van der Waals surface area contributed by atoms with Gasteiger partial charge in [-0.05, 0) is 67.2 Å². The van der Waals surface area contributed by atoms with E-state index in [2.05, 4.69) is 0 Å². The first-order valence-electron chi connectivity index (χ1n) is 11.6. The quantitative estimate of drug-likeness (QED) is 0.138. The maximum absolute atomic E-state index is 12.3. The Labute approximate surface area is 196 Å². The van der Waals surface area contributed by atoms with Crippen molar-refractivity contribution in [2.45, 2.75) is 104 Å². The summed E-state index contributed by atoms with van der Waals surface area (Å²) in [7, 11) is 0. The molecule has 0 fully saturated rings. The summed E-state index contributed by atoms with van der Waals surface area (Å²) in [6.45, 7) is 6.90. The molecule has 7 unspecified atom stereocenters. The molecule has 0 radical (unpaired) electrons. The van der Waals surface area contributed by atoms with E-state index >= 15 is 0 Å². The fraction of sp³-hybridized carbons (Fsp3) is 0.957. The molecule has 33 heavy (non-hydrogen) atoms. The first-order valence-corrected chi connectivity index (χ1v) is 11.6. The zero-order valence-electron chi connectivity index (χ0n) is 20.7. The number of carboxylic acid groups (broad SMARTS) is 1. The number of carbonyl (C=O) groups is 1. The second kappa shape index (κ2) is 12.7. The molecule has 0 rings (SSSR count). The van der Waals surface area contributed by atoms with Crippen LogP contribution < -0.4 is 0 Å². The van der Waals surface area contributed by atoms with Gasteiger partial charge in [0.15, 0.2) is 0 Å². The van der Waals surface area contributed by atoms with Gasteiger partial charge in [0, 0.05) is 16.2 Å². The molecule has 10 heteroatoms. The highest BCUT2D eigenvalue weighted by Crippen LogP contribution is 2.46. The van der Waals surface area contributed by atoms with Crippen LogP contribution in [0.2, 0.25) is 0 Å². The highest BCUT2D eigenvalue weighted by molar-refractivity contribution is 5.71. The van der Waals surface area contributed by atoms with Crippen LogP contribution in [-0.4, -0.2) is 102 Å². The molecule has 0 aliphatic rings. The molecular weight excluding hydrogens is 436 g/mol. The van der Waals surface area contributed by atoms with Crippen LogP contribution in [0.3, 0.4) is 0 Å². The van der Waals surface area contributed by atoms with Gasteiger partial charge in [-0.15, -0.1) is 0 Å². The summed E-state index contributed by atoms with van der Waals surface area (Å²) >= 11 is 0. The van der Waals surface area contributed by atoms with E-state index in [1.807, 2.05) is 0 Å². The monoisotopic (exact) mass is 482 g/mol. The second-order valence-electron chi connectivity index (χ2n) is 9.89. The molecular formula is C23H46O10. The van der Waals surface area contributed by atoms with E-state index in [0.717, 1.165) is 0 Å². The molecule has 0 aromatic carbocycles. The van der Waals surface area contributed by atoms with Crippen molar-refractivity contribution in [1.82, 2.24) is 0 Å². The number of aliphatic hydroxyl groups is 8. The maximum atomic E-state index is 12.3. The molecule has 7 atom stereocenters. The Hall–Kier alpha value is -0.850. The van der Waals surface area contributed by atoms with Gasteiger partial charge in [-0.1, -0.05) is 0 Å². The van der Waals surface area contributed by atoms with Gasteiger partial charge in [0.1, 0.15) is 0 Å². The van der Waals surface area contributed by atoms with Crippen LogP contribution in [0.5, 0.6) is 0 Å². The van der Waals surface area contributed by atoms with Gasteiger partial charge < -0.3 is 46.0 Å². The van der Waals surface area contributed by atoms with E-state index in [9.17, 15) is 50.8 Å². The maximum Gasteiger partial charge on any atom is 0.307 e. The van der Waals surface area contributed by atoms with Crippen molar-refractivity contribution in [3.63, 3.8) is 0 Å². The molecule has 0 heterocycles. The lowest BCUT2D eigenvalue weighted by molar-refractivity contribution is -0.161. The molecule has 0 bridgehead atoms. The number of carboxylic acids is 1. The van der Waals surface area contributed by atoms with E-state index in [1.165, 1.54) is 41.5 Å². The van der Waals surface area contributed by atoms with E-state index < -0.39 is 78.0 Å². The van der Waals surface area contributed by atoms with Crippen LogP contribution in [0.15, 0.2) is 0 Å². The fourth-order valence-electron chi connectivity index (χ4n) is 5.50. The Morgan fingerprint density at radius 3 is 1.15 bits per heavy atom. The first-order chi connectivity index (χ1) is 15.0. The summed E-state index contributed by atoms with van der Waals surface area (Å²) in [4.78, 5) is 12.3. The lowest BCUT2D eigenvalue weighted by Gasteiger charge is -2.46. The van der Waals surface area contributed by atoms with Crippen LogP contribution in [0.4, 0.5) is 0 Å². The average Bonchev–Trinajstić information content (AvgIpc) is 2.67. The van der Waals surface area contributed by atoms with Crippen LogP contribution in [0.1, 0.15) is 67.2 Å². The van der Waals surface area contributed by atoms with Crippen molar-refractivity contribution in [2.24, 2.45) is 22.2 Å². The molecule has 0 saturated carbocycles. The number of hydrogen-bond donors (Lipinski definition) is 9. The average molecular weight is 483 g/mol. The molecule has 9 N–H and O–H groups in total. The fourth-order valence-corrected chi connectivity index (χ4v) is 5.50. The van der Waals surface area contributed by atoms with Crippen molar-refractivity contribution < 1.29 is 50.8 Å². The van der Waals surface area contributed by atoms with Gasteiger partial charge in [-0.2, -0.15) is 0 Å². The van der Waals surface area contributed by atoms with Crippen molar-refractivity contribution >= 4 is 5.97 Å². The first kappa shape index (κ1) is 32.1. The standard InChI is InChI=1S/C23H46O10/c1-13(26)22(14(2)27,15(3)28)8-7-19(20(32)33)21(11-24,12-25)9-10-23(16(4)29,17(5)30)18(6)31/h13-19,24-31H,7-12H2,1-6H3,(H,32,33). The minimum Gasteiger partial charge on any atom is -0.481 e. The van der Waals surface area contributed by atoms with Gasteiger partial charge in [0.2, 0.25) is 0 Å². The van der Waals surface area contributed by atoms with E-state index in [0.29, 0.717) is 0 Å². The Balaban J connectivity index is 6.22. The summed E-state index contributed by atoms with van der Waals surface area (Å²) < 4.78 is 0. The third kappa shape index (κ3) is 6.43. The SMILES string of the molecule is CC(O)C(CCC(C(=O)O)C(CO)(CO)CCC(C(C)O)(C(C)O)C(C)O)(C(C)O)C(C)O. The van der Waals surface area contributed by atoms with Gasteiger partial charge in [0.05, 0.1) is 55.8 Å². The smallest absolute Gasteiger partial charge is 0.307 e. The Morgan fingerprint density at radius 2 is 0.909 bits per heavy atom. The summed E-state index contributed by atoms with van der Waals surface area (Å²) in [5, 5.41) is 92.4. The number of aliphatic carboxylic acids is 1. The largest absolute Gasteiger partial charge is 0.481 e. The van der Waals surface area contributed by atoms with Crippen LogP contribution in [0, 0.1) is 22.2 Å². The van der Waals surface area contributed by atoms with Crippen LogP contribution in [-0.2, 0) is 4.79 Å². The third-order valence-electron chi connectivity index (χ3n) is 8.26. The minimum atomic E-state index is -1.60. The molecule has 198 valence electrons. The Kier molecular flexibility index (Phi) is 12.4. The predicted octanol–water partition coefficient (Wildman–Crippen LogP) is -0.524. The predicted molar refractivity (Wildman–Crippen MR) is 121 cm³/mol. The highest BCUT2D eigenvalue weighted by Gasteiger charge is 2.51. The Bertz CT molecular complexity index is 538. The van der Waals surface area contributed by atoms with Gasteiger partial charge in [-0.25, -0.2) is 0 Å². The zero-order valence-corrected chi connectivity index (χ0v) is 20.7.